The molecule has 1 aromatic heterocycles. The smallest absolute Gasteiger partial charge is 0.328 e. The maximum atomic E-state index is 12.2. The van der Waals surface area contributed by atoms with E-state index in [1.807, 2.05) is 54.9 Å². The lowest BCUT2D eigenvalue weighted by atomic mass is 10.2. The van der Waals surface area contributed by atoms with Crippen molar-refractivity contribution >= 4 is 11.9 Å². The van der Waals surface area contributed by atoms with Crippen LogP contribution in [0.1, 0.15) is 34.2 Å². The molecule has 1 unspecified atom stereocenters. The first-order valence-corrected chi connectivity index (χ1v) is 9.09. The van der Waals surface area contributed by atoms with Gasteiger partial charge < -0.3 is 10.1 Å². The second-order valence-electron chi connectivity index (χ2n) is 6.67. The van der Waals surface area contributed by atoms with Crippen LogP contribution >= 0.6 is 0 Å². The minimum Gasteiger partial charge on any atom is -0.459 e. The number of rotatable bonds is 6. The van der Waals surface area contributed by atoms with E-state index in [4.69, 9.17) is 4.74 Å². The quantitative estimate of drug-likeness (QED) is 0.669. The van der Waals surface area contributed by atoms with Gasteiger partial charge in [0.05, 0.1) is 11.4 Å². The van der Waals surface area contributed by atoms with Crippen molar-refractivity contribution in [2.24, 2.45) is 0 Å². The van der Waals surface area contributed by atoms with Crippen LogP contribution in [0.2, 0.25) is 0 Å². The number of carbonyl (C=O) groups excluding carboxylic acids is 2. The Balaban J connectivity index is 1.54. The van der Waals surface area contributed by atoms with Gasteiger partial charge in [-0.3, -0.25) is 4.79 Å². The molecule has 0 saturated heterocycles. The number of hydrogen-bond donors (Lipinski definition) is 1. The number of hydrogen-bond acceptors (Lipinski definition) is 4. The number of aromatic nitrogens is 2. The molecular formula is C22H23N3O3. The highest BCUT2D eigenvalue weighted by Gasteiger charge is 2.18. The Morgan fingerprint density at radius 2 is 1.75 bits per heavy atom. The van der Waals surface area contributed by atoms with Crippen molar-refractivity contribution < 1.29 is 14.3 Å². The van der Waals surface area contributed by atoms with Crippen LogP contribution in [0, 0.1) is 13.8 Å². The average Bonchev–Trinajstić information content (AvgIpc) is 3.05. The van der Waals surface area contributed by atoms with Crippen LogP contribution in [0.5, 0.6) is 0 Å². The summed E-state index contributed by atoms with van der Waals surface area (Å²) < 4.78 is 7.19. The molecule has 0 radical (unpaired) electrons. The van der Waals surface area contributed by atoms with Gasteiger partial charge in [-0.05, 0) is 56.7 Å². The number of esters is 1. The topological polar surface area (TPSA) is 73.2 Å². The van der Waals surface area contributed by atoms with Gasteiger partial charge >= 0.3 is 5.97 Å². The van der Waals surface area contributed by atoms with Gasteiger partial charge in [-0.25, -0.2) is 9.48 Å². The minimum absolute atomic E-state index is 0.141. The van der Waals surface area contributed by atoms with Crippen molar-refractivity contribution in [2.75, 3.05) is 0 Å². The third-order valence-electron chi connectivity index (χ3n) is 4.31. The van der Waals surface area contributed by atoms with Gasteiger partial charge in [0.2, 0.25) is 0 Å². The van der Waals surface area contributed by atoms with Gasteiger partial charge in [0, 0.05) is 11.3 Å². The molecule has 6 heteroatoms. The van der Waals surface area contributed by atoms with Gasteiger partial charge in [0.1, 0.15) is 12.6 Å². The van der Waals surface area contributed by atoms with Crippen LogP contribution in [0.4, 0.5) is 0 Å². The van der Waals surface area contributed by atoms with Crippen LogP contribution in [0.3, 0.4) is 0 Å². The molecule has 1 atom stereocenters. The molecule has 1 amide bonds. The largest absolute Gasteiger partial charge is 0.459 e. The molecule has 6 nitrogen and oxygen atoms in total. The van der Waals surface area contributed by atoms with E-state index in [0.29, 0.717) is 5.56 Å². The lowest BCUT2D eigenvalue weighted by molar-refractivity contribution is -0.146. The molecule has 0 fully saturated rings. The minimum atomic E-state index is -0.735. The summed E-state index contributed by atoms with van der Waals surface area (Å²) in [5.41, 5.74) is 4.33. The zero-order chi connectivity index (χ0) is 20.1. The Morgan fingerprint density at radius 3 is 2.36 bits per heavy atom. The lowest BCUT2D eigenvalue weighted by Gasteiger charge is -2.14. The zero-order valence-corrected chi connectivity index (χ0v) is 16.2. The SMILES string of the molecule is Cc1cc(C)n(-c2ccc(COC(=O)C(C)NC(=O)c3ccccc3)cc2)n1. The van der Waals surface area contributed by atoms with E-state index in [-0.39, 0.29) is 12.5 Å². The zero-order valence-electron chi connectivity index (χ0n) is 16.2. The number of amides is 1. The maximum Gasteiger partial charge on any atom is 0.328 e. The van der Waals surface area contributed by atoms with Crippen molar-refractivity contribution in [1.82, 2.24) is 15.1 Å². The van der Waals surface area contributed by atoms with Crippen molar-refractivity contribution in [3.63, 3.8) is 0 Å². The van der Waals surface area contributed by atoms with Crippen LogP contribution < -0.4 is 5.32 Å². The lowest BCUT2D eigenvalue weighted by Crippen LogP contribution is -2.39. The molecule has 2 aromatic carbocycles. The summed E-state index contributed by atoms with van der Waals surface area (Å²) in [4.78, 5) is 24.3. The van der Waals surface area contributed by atoms with E-state index < -0.39 is 12.0 Å². The molecular weight excluding hydrogens is 354 g/mol. The molecule has 1 heterocycles. The molecule has 0 saturated carbocycles. The molecule has 0 aliphatic heterocycles. The van der Waals surface area contributed by atoms with Crippen LogP contribution in [0.15, 0.2) is 60.7 Å². The molecule has 28 heavy (non-hydrogen) atoms. The Labute approximate surface area is 164 Å². The summed E-state index contributed by atoms with van der Waals surface area (Å²) in [6.07, 6.45) is 0. The van der Waals surface area contributed by atoms with Gasteiger partial charge in [0.15, 0.2) is 0 Å². The average molecular weight is 377 g/mol. The van der Waals surface area contributed by atoms with Gasteiger partial charge in [-0.1, -0.05) is 30.3 Å². The number of benzene rings is 2. The van der Waals surface area contributed by atoms with Gasteiger partial charge in [-0.2, -0.15) is 5.10 Å². The van der Waals surface area contributed by atoms with Crippen molar-refractivity contribution in [3.8, 4) is 5.69 Å². The first-order valence-electron chi connectivity index (χ1n) is 9.09. The Bertz CT molecular complexity index is 962. The number of carbonyl (C=O) groups is 2. The predicted molar refractivity (Wildman–Crippen MR) is 106 cm³/mol. The number of nitrogens with zero attached hydrogens (tertiary/aromatic N) is 2. The number of ether oxygens (including phenoxy) is 1. The monoisotopic (exact) mass is 377 g/mol. The van der Waals surface area contributed by atoms with Crippen LogP contribution in [-0.4, -0.2) is 27.7 Å². The fourth-order valence-electron chi connectivity index (χ4n) is 2.83. The highest BCUT2D eigenvalue weighted by molar-refractivity contribution is 5.96. The van der Waals surface area contributed by atoms with Crippen molar-refractivity contribution in [3.05, 3.63) is 83.2 Å². The summed E-state index contributed by atoms with van der Waals surface area (Å²) >= 11 is 0. The molecule has 144 valence electrons. The van der Waals surface area contributed by atoms with Crippen molar-refractivity contribution in [2.45, 2.75) is 33.4 Å². The van der Waals surface area contributed by atoms with E-state index in [0.717, 1.165) is 22.6 Å². The molecule has 0 spiro atoms. The maximum absolute atomic E-state index is 12.2. The van der Waals surface area contributed by atoms with Crippen LogP contribution in [0.25, 0.3) is 5.69 Å². The van der Waals surface area contributed by atoms with E-state index in [1.165, 1.54) is 0 Å². The van der Waals surface area contributed by atoms with Gasteiger partial charge in [-0.15, -0.1) is 0 Å². The number of aryl methyl sites for hydroxylation is 2. The summed E-state index contributed by atoms with van der Waals surface area (Å²) in [5, 5.41) is 7.10. The van der Waals surface area contributed by atoms with Gasteiger partial charge in [0.25, 0.3) is 5.91 Å². The predicted octanol–water partition coefficient (Wildman–Crippen LogP) is 3.35. The first-order chi connectivity index (χ1) is 13.4. The van der Waals surface area contributed by atoms with Crippen molar-refractivity contribution in [1.29, 1.82) is 0 Å². The molecule has 0 aliphatic carbocycles. The standard InChI is InChI=1S/C22H23N3O3/c1-15-13-16(2)25(24-15)20-11-9-18(10-12-20)14-28-22(27)17(3)23-21(26)19-7-5-4-6-8-19/h4-13,17H,14H2,1-3H3,(H,23,26). The second-order valence-corrected chi connectivity index (χ2v) is 6.67. The fraction of sp³-hybridized carbons (Fsp3) is 0.227. The van der Waals surface area contributed by atoms with E-state index in [9.17, 15) is 9.59 Å². The summed E-state index contributed by atoms with van der Waals surface area (Å²) in [7, 11) is 0. The van der Waals surface area contributed by atoms with E-state index >= 15 is 0 Å². The molecule has 0 aliphatic rings. The Morgan fingerprint density at radius 1 is 1.07 bits per heavy atom. The summed E-state index contributed by atoms with van der Waals surface area (Å²) in [6.45, 7) is 5.70. The van der Waals surface area contributed by atoms with E-state index in [2.05, 4.69) is 10.4 Å². The van der Waals surface area contributed by atoms with E-state index in [1.54, 1.807) is 31.2 Å². The summed E-state index contributed by atoms with van der Waals surface area (Å²) in [6, 6.07) is 17.7. The molecule has 3 aromatic rings. The molecule has 3 rings (SSSR count). The highest BCUT2D eigenvalue weighted by Crippen LogP contribution is 2.14. The number of nitrogens with one attached hydrogen (secondary N) is 1. The Hall–Kier alpha value is -3.41. The van der Waals surface area contributed by atoms with Crippen LogP contribution in [-0.2, 0) is 16.1 Å². The highest BCUT2D eigenvalue weighted by atomic mass is 16.5. The molecule has 1 N–H and O–H groups in total. The molecule has 0 bridgehead atoms. The third kappa shape index (κ3) is 4.65. The Kier molecular flexibility index (Phi) is 5.89. The first kappa shape index (κ1) is 19.4. The third-order valence-corrected chi connectivity index (χ3v) is 4.31. The second kappa shape index (κ2) is 8.52. The summed E-state index contributed by atoms with van der Waals surface area (Å²) in [5.74, 6) is -0.786. The fourth-order valence-corrected chi connectivity index (χ4v) is 2.83. The normalized spacial score (nSPS) is 11.7.